The maximum atomic E-state index is 11.8. The first-order valence-corrected chi connectivity index (χ1v) is 6.06. The minimum Gasteiger partial charge on any atom is -0.481 e. The fraction of sp³-hybridized carbons (Fsp3) is 0.455. The normalized spacial score (nSPS) is 12.5. The molecule has 0 aliphatic heterocycles. The molecule has 94 valence electrons. The average molecular weight is 303 g/mol. The number of halogens is 1. The van der Waals surface area contributed by atoms with E-state index in [1.54, 1.807) is 12.3 Å². The first-order chi connectivity index (χ1) is 7.90. The summed E-state index contributed by atoms with van der Waals surface area (Å²) in [6.07, 6.45) is 1.57. The molecule has 17 heavy (non-hydrogen) atoms. The summed E-state index contributed by atoms with van der Waals surface area (Å²) in [5, 5.41) is 11.5. The van der Waals surface area contributed by atoms with E-state index < -0.39 is 5.97 Å². The summed E-state index contributed by atoms with van der Waals surface area (Å²) in [5.74, 6) is -1.15. The number of hydrogen-bond donors (Lipinski definition) is 3. The average Bonchev–Trinajstić information content (AvgIpc) is 2.63. The monoisotopic (exact) mass is 302 g/mol. The number of carbonyl (C=O) groups is 2. The zero-order valence-corrected chi connectivity index (χ0v) is 11.2. The van der Waals surface area contributed by atoms with Gasteiger partial charge in [-0.15, -0.1) is 0 Å². The molecule has 1 amide bonds. The van der Waals surface area contributed by atoms with Crippen LogP contribution >= 0.6 is 15.9 Å². The second-order valence-corrected chi connectivity index (χ2v) is 5.07. The first-order valence-electron chi connectivity index (χ1n) is 5.26. The molecule has 0 saturated carbocycles. The second kappa shape index (κ2) is 5.86. The molecule has 0 saturated heterocycles. The lowest BCUT2D eigenvalue weighted by atomic mass is 10.0. The van der Waals surface area contributed by atoms with Gasteiger partial charge in [0, 0.05) is 16.7 Å². The molecule has 1 aromatic rings. The summed E-state index contributed by atoms with van der Waals surface area (Å²) in [6.45, 7) is 3.75. The summed E-state index contributed by atoms with van der Waals surface area (Å²) in [7, 11) is 0. The minimum absolute atomic E-state index is 0.0634. The van der Waals surface area contributed by atoms with Crippen molar-refractivity contribution in [3.63, 3.8) is 0 Å². The van der Waals surface area contributed by atoms with E-state index in [1.807, 2.05) is 13.8 Å². The number of aliphatic carboxylic acids is 1. The summed E-state index contributed by atoms with van der Waals surface area (Å²) < 4.78 is 0.780. The van der Waals surface area contributed by atoms with E-state index in [1.165, 1.54) is 0 Å². The summed E-state index contributed by atoms with van der Waals surface area (Å²) in [6, 6.07) is 1.27. The number of aromatic nitrogens is 1. The fourth-order valence-corrected chi connectivity index (χ4v) is 1.73. The van der Waals surface area contributed by atoms with Crippen molar-refractivity contribution in [2.24, 2.45) is 5.92 Å². The smallest absolute Gasteiger partial charge is 0.305 e. The zero-order valence-electron chi connectivity index (χ0n) is 9.66. The largest absolute Gasteiger partial charge is 0.481 e. The molecule has 1 aromatic heterocycles. The molecule has 0 spiro atoms. The SMILES string of the molecule is CC(C)C(CC(=O)O)NC(=O)c1cc(Br)c[nH]1. The minimum atomic E-state index is -0.920. The number of H-pyrrole nitrogens is 1. The van der Waals surface area contributed by atoms with Gasteiger partial charge in [0.05, 0.1) is 6.42 Å². The van der Waals surface area contributed by atoms with Crippen LogP contribution in [0.3, 0.4) is 0 Å². The van der Waals surface area contributed by atoms with Gasteiger partial charge in [0.1, 0.15) is 5.69 Å². The predicted molar refractivity (Wildman–Crippen MR) is 66.8 cm³/mol. The molecular formula is C11H15BrN2O3. The molecule has 0 aliphatic rings. The third-order valence-corrected chi connectivity index (χ3v) is 2.87. The lowest BCUT2D eigenvalue weighted by molar-refractivity contribution is -0.137. The van der Waals surface area contributed by atoms with Gasteiger partial charge >= 0.3 is 5.97 Å². The molecule has 1 heterocycles. The van der Waals surface area contributed by atoms with Gasteiger partial charge in [-0.05, 0) is 27.9 Å². The number of carboxylic acid groups (broad SMARTS) is 1. The number of carboxylic acids is 1. The van der Waals surface area contributed by atoms with Crippen molar-refractivity contribution in [1.82, 2.24) is 10.3 Å². The lowest BCUT2D eigenvalue weighted by Crippen LogP contribution is -2.40. The lowest BCUT2D eigenvalue weighted by Gasteiger charge is -2.20. The van der Waals surface area contributed by atoms with E-state index in [-0.39, 0.29) is 24.3 Å². The maximum absolute atomic E-state index is 11.8. The van der Waals surface area contributed by atoms with Crippen molar-refractivity contribution in [1.29, 1.82) is 0 Å². The van der Waals surface area contributed by atoms with Crippen LogP contribution in [0.4, 0.5) is 0 Å². The topological polar surface area (TPSA) is 82.2 Å². The van der Waals surface area contributed by atoms with Crippen LogP contribution in [-0.2, 0) is 4.79 Å². The molecular weight excluding hydrogens is 288 g/mol. The van der Waals surface area contributed by atoms with Crippen LogP contribution in [-0.4, -0.2) is 28.0 Å². The molecule has 5 nitrogen and oxygen atoms in total. The van der Waals surface area contributed by atoms with E-state index in [4.69, 9.17) is 5.11 Å². The molecule has 1 rings (SSSR count). The van der Waals surface area contributed by atoms with Gasteiger partial charge in [0.2, 0.25) is 0 Å². The van der Waals surface area contributed by atoms with E-state index >= 15 is 0 Å². The fourth-order valence-electron chi connectivity index (χ4n) is 1.39. The Hall–Kier alpha value is -1.30. The third kappa shape index (κ3) is 4.22. The Balaban J connectivity index is 2.67. The number of nitrogens with one attached hydrogen (secondary N) is 2. The van der Waals surface area contributed by atoms with Gasteiger partial charge in [-0.25, -0.2) is 0 Å². The maximum Gasteiger partial charge on any atom is 0.305 e. The Kier molecular flexibility index (Phi) is 4.74. The van der Waals surface area contributed by atoms with Gasteiger partial charge in [-0.2, -0.15) is 0 Å². The van der Waals surface area contributed by atoms with E-state index in [2.05, 4.69) is 26.2 Å². The Labute approximate surface area is 108 Å². The number of aromatic amines is 1. The molecule has 3 N–H and O–H groups in total. The van der Waals surface area contributed by atoms with Crippen LogP contribution in [0.15, 0.2) is 16.7 Å². The van der Waals surface area contributed by atoms with Gasteiger partial charge < -0.3 is 15.4 Å². The van der Waals surface area contributed by atoms with Gasteiger partial charge in [-0.1, -0.05) is 13.8 Å². The van der Waals surface area contributed by atoms with Crippen molar-refractivity contribution < 1.29 is 14.7 Å². The summed E-state index contributed by atoms with van der Waals surface area (Å²) in [4.78, 5) is 25.3. The highest BCUT2D eigenvalue weighted by Crippen LogP contribution is 2.12. The van der Waals surface area contributed by atoms with E-state index in [0.717, 1.165) is 4.47 Å². The van der Waals surface area contributed by atoms with Crippen LogP contribution in [0.5, 0.6) is 0 Å². The van der Waals surface area contributed by atoms with Gasteiger partial charge in [0.25, 0.3) is 5.91 Å². The molecule has 1 atom stereocenters. The number of carbonyl (C=O) groups excluding carboxylic acids is 1. The Morgan fingerprint density at radius 2 is 2.18 bits per heavy atom. The summed E-state index contributed by atoms with van der Waals surface area (Å²) >= 11 is 3.23. The van der Waals surface area contributed by atoms with Crippen molar-refractivity contribution in [3.05, 3.63) is 22.4 Å². The molecule has 0 bridgehead atoms. The molecule has 0 aromatic carbocycles. The molecule has 0 fully saturated rings. The molecule has 6 heteroatoms. The molecule has 0 radical (unpaired) electrons. The van der Waals surface area contributed by atoms with Crippen molar-refractivity contribution in [2.45, 2.75) is 26.3 Å². The number of amides is 1. The highest BCUT2D eigenvalue weighted by Gasteiger charge is 2.20. The Bertz CT molecular complexity index is 415. The second-order valence-electron chi connectivity index (χ2n) is 4.15. The molecule has 0 aliphatic carbocycles. The first kappa shape index (κ1) is 13.8. The Morgan fingerprint density at radius 3 is 2.59 bits per heavy atom. The quantitative estimate of drug-likeness (QED) is 0.778. The van der Waals surface area contributed by atoms with E-state index in [9.17, 15) is 9.59 Å². The van der Waals surface area contributed by atoms with Crippen molar-refractivity contribution in [2.75, 3.05) is 0 Å². The van der Waals surface area contributed by atoms with Crippen LogP contribution in [0.25, 0.3) is 0 Å². The highest BCUT2D eigenvalue weighted by molar-refractivity contribution is 9.10. The van der Waals surface area contributed by atoms with Crippen molar-refractivity contribution >= 4 is 27.8 Å². The Morgan fingerprint density at radius 1 is 1.53 bits per heavy atom. The standard InChI is InChI=1S/C11H15BrN2O3/c1-6(2)8(4-10(15)16)14-11(17)9-3-7(12)5-13-9/h3,5-6,8,13H,4H2,1-2H3,(H,14,17)(H,15,16). The predicted octanol–water partition coefficient (Wildman–Crippen LogP) is 2.01. The van der Waals surface area contributed by atoms with E-state index in [0.29, 0.717) is 5.69 Å². The van der Waals surface area contributed by atoms with Crippen LogP contribution in [0.1, 0.15) is 30.8 Å². The third-order valence-electron chi connectivity index (χ3n) is 2.41. The van der Waals surface area contributed by atoms with Crippen LogP contribution in [0, 0.1) is 5.92 Å². The highest BCUT2D eigenvalue weighted by atomic mass is 79.9. The summed E-state index contributed by atoms with van der Waals surface area (Å²) in [5.41, 5.74) is 0.410. The molecule has 1 unspecified atom stereocenters. The van der Waals surface area contributed by atoms with Crippen LogP contribution in [0.2, 0.25) is 0 Å². The van der Waals surface area contributed by atoms with Gasteiger partial charge in [-0.3, -0.25) is 9.59 Å². The van der Waals surface area contributed by atoms with Crippen molar-refractivity contribution in [3.8, 4) is 0 Å². The van der Waals surface area contributed by atoms with Gasteiger partial charge in [0.15, 0.2) is 0 Å². The zero-order chi connectivity index (χ0) is 13.0. The number of hydrogen-bond acceptors (Lipinski definition) is 2. The number of rotatable bonds is 5. The van der Waals surface area contributed by atoms with Crippen LogP contribution < -0.4 is 5.32 Å².